The summed E-state index contributed by atoms with van der Waals surface area (Å²) in [6.45, 7) is 4.61. The van der Waals surface area contributed by atoms with Gasteiger partial charge in [-0.25, -0.2) is 0 Å². The Labute approximate surface area is 119 Å². The van der Waals surface area contributed by atoms with Crippen molar-refractivity contribution in [3.05, 3.63) is 57.8 Å². The number of rotatable bonds is 4. The third-order valence-corrected chi connectivity index (χ3v) is 8.15. The predicted octanol–water partition coefficient (Wildman–Crippen LogP) is 4.78. The molecule has 2 aromatic rings. The Morgan fingerprint density at radius 1 is 1.11 bits per heavy atom. The van der Waals surface area contributed by atoms with Crippen molar-refractivity contribution in [1.82, 2.24) is 0 Å². The molecule has 1 atom stereocenters. The molecule has 0 saturated carbocycles. The fourth-order valence-electron chi connectivity index (χ4n) is 2.74. The fourth-order valence-corrected chi connectivity index (χ4v) is 6.53. The molecule has 0 amide bonds. The van der Waals surface area contributed by atoms with Crippen LogP contribution in [0.5, 0.6) is 0 Å². The molecule has 3 heteroatoms. The molecule has 0 N–H and O–H groups in total. The summed E-state index contributed by atoms with van der Waals surface area (Å²) in [5.41, 5.74) is 4.66. The lowest BCUT2D eigenvalue weighted by atomic mass is 9.86. The largest absolute Gasteiger partial charge is 0.420 e. The summed E-state index contributed by atoms with van der Waals surface area (Å²) in [5, 5.41) is 2.16. The molecule has 1 aromatic carbocycles. The molecule has 1 nitrogen and oxygen atoms in total. The second kappa shape index (κ2) is 4.74. The van der Waals surface area contributed by atoms with E-state index in [0.29, 0.717) is 5.54 Å². The third-order valence-electron chi connectivity index (χ3n) is 3.94. The average Bonchev–Trinajstić information content (AvgIpc) is 2.89. The van der Waals surface area contributed by atoms with E-state index in [0.717, 1.165) is 0 Å². The van der Waals surface area contributed by atoms with Gasteiger partial charge in [-0.15, -0.1) is 11.3 Å². The first-order chi connectivity index (χ1) is 9.13. The van der Waals surface area contributed by atoms with E-state index in [1.807, 2.05) is 18.4 Å². The highest BCUT2D eigenvalue weighted by molar-refractivity contribution is 7.10. The molecule has 0 bridgehead atoms. The molecule has 0 aliphatic heterocycles. The molecule has 0 spiro atoms. The number of benzene rings is 1. The summed E-state index contributed by atoms with van der Waals surface area (Å²) < 4.78 is 5.90. The van der Waals surface area contributed by atoms with Crippen LogP contribution in [0, 0.1) is 0 Å². The average molecular weight is 286 g/mol. The second-order valence-corrected chi connectivity index (χ2v) is 10.6. The van der Waals surface area contributed by atoms with Gasteiger partial charge >= 0.3 is 0 Å². The van der Waals surface area contributed by atoms with E-state index in [4.69, 9.17) is 4.43 Å². The summed E-state index contributed by atoms with van der Waals surface area (Å²) in [6.07, 6.45) is 2.33. The third kappa shape index (κ3) is 2.12. The van der Waals surface area contributed by atoms with Crippen molar-refractivity contribution in [2.24, 2.45) is 0 Å². The van der Waals surface area contributed by atoms with E-state index in [1.165, 1.54) is 21.6 Å². The van der Waals surface area contributed by atoms with Crippen LogP contribution >= 0.6 is 11.3 Å². The van der Waals surface area contributed by atoms with E-state index in [1.54, 1.807) is 0 Å². The number of fused-ring (bicyclic) bond motifs is 1. The van der Waals surface area contributed by atoms with Gasteiger partial charge in [0.1, 0.15) is 0 Å². The smallest absolute Gasteiger partial charge is 0.198 e. The van der Waals surface area contributed by atoms with Gasteiger partial charge < -0.3 is 4.43 Å². The summed E-state index contributed by atoms with van der Waals surface area (Å²) in [5.74, 6) is 0. The van der Waals surface area contributed by atoms with Crippen LogP contribution in [0.25, 0.3) is 11.6 Å². The lowest BCUT2D eigenvalue weighted by Crippen LogP contribution is -2.38. The van der Waals surface area contributed by atoms with Gasteiger partial charge in [0.25, 0.3) is 0 Å². The minimum absolute atomic E-state index is 0.437. The van der Waals surface area contributed by atoms with Crippen molar-refractivity contribution in [2.75, 3.05) is 7.11 Å². The van der Waals surface area contributed by atoms with Crippen LogP contribution in [0.1, 0.15) is 21.5 Å². The Bertz CT molecular complexity index is 613. The van der Waals surface area contributed by atoms with E-state index >= 15 is 0 Å². The van der Waals surface area contributed by atoms with Gasteiger partial charge in [-0.3, -0.25) is 0 Å². The Balaban J connectivity index is 2.04. The molecule has 1 aliphatic carbocycles. The number of hydrogen-bond donors (Lipinski definition) is 0. The van der Waals surface area contributed by atoms with Gasteiger partial charge in [-0.1, -0.05) is 36.4 Å². The molecule has 1 heterocycles. The van der Waals surface area contributed by atoms with Crippen molar-refractivity contribution in [2.45, 2.75) is 18.6 Å². The first kappa shape index (κ1) is 12.8. The quantitative estimate of drug-likeness (QED) is 0.735. The van der Waals surface area contributed by atoms with Gasteiger partial charge in [0.2, 0.25) is 0 Å². The molecule has 98 valence electrons. The number of hydrogen-bond acceptors (Lipinski definition) is 2. The van der Waals surface area contributed by atoms with Crippen LogP contribution in [0.4, 0.5) is 0 Å². The molecule has 1 aromatic heterocycles. The maximum atomic E-state index is 5.90. The zero-order chi connectivity index (χ0) is 13.5. The van der Waals surface area contributed by atoms with E-state index in [2.05, 4.69) is 60.9 Å². The van der Waals surface area contributed by atoms with Gasteiger partial charge in [0.15, 0.2) is 8.32 Å². The van der Waals surface area contributed by atoms with E-state index < -0.39 is 8.32 Å². The van der Waals surface area contributed by atoms with Crippen molar-refractivity contribution >= 4 is 31.3 Å². The van der Waals surface area contributed by atoms with Crippen molar-refractivity contribution in [3.8, 4) is 0 Å². The number of thiophene rings is 1. The van der Waals surface area contributed by atoms with Crippen molar-refractivity contribution in [1.29, 1.82) is 0 Å². The van der Waals surface area contributed by atoms with E-state index in [-0.39, 0.29) is 0 Å². The number of allylic oxidation sites excluding steroid dienone is 1. The minimum Gasteiger partial charge on any atom is -0.420 e. The van der Waals surface area contributed by atoms with Crippen LogP contribution < -0.4 is 0 Å². The van der Waals surface area contributed by atoms with Crippen LogP contribution in [-0.4, -0.2) is 15.4 Å². The highest BCUT2D eigenvalue weighted by Gasteiger charge is 2.40. The monoisotopic (exact) mass is 286 g/mol. The molecule has 1 aliphatic rings. The minimum atomic E-state index is -1.77. The maximum absolute atomic E-state index is 5.90. The van der Waals surface area contributed by atoms with Gasteiger partial charge in [0.05, 0.1) is 0 Å². The van der Waals surface area contributed by atoms with Crippen LogP contribution in [0.2, 0.25) is 13.1 Å². The Morgan fingerprint density at radius 2 is 1.89 bits per heavy atom. The summed E-state index contributed by atoms with van der Waals surface area (Å²) in [7, 11) is 0.0887. The fraction of sp³-hybridized carbons (Fsp3) is 0.250. The molecule has 1 unspecified atom stereocenters. The van der Waals surface area contributed by atoms with Crippen LogP contribution in [-0.2, 0) is 4.43 Å². The highest BCUT2D eigenvalue weighted by atomic mass is 32.1. The molecular weight excluding hydrogens is 268 g/mol. The zero-order valence-electron chi connectivity index (χ0n) is 11.5. The normalized spacial score (nSPS) is 15.4. The van der Waals surface area contributed by atoms with Crippen molar-refractivity contribution in [3.63, 3.8) is 0 Å². The highest BCUT2D eigenvalue weighted by Crippen LogP contribution is 2.47. The Kier molecular flexibility index (Phi) is 3.21. The zero-order valence-corrected chi connectivity index (χ0v) is 13.3. The summed E-state index contributed by atoms with van der Waals surface area (Å²) >= 11 is 1.84. The van der Waals surface area contributed by atoms with Crippen molar-refractivity contribution < 1.29 is 4.43 Å². The van der Waals surface area contributed by atoms with Crippen LogP contribution in [0.3, 0.4) is 0 Å². The first-order valence-electron chi connectivity index (χ1n) is 6.53. The summed E-state index contributed by atoms with van der Waals surface area (Å²) in [6, 6.07) is 13.0. The van der Waals surface area contributed by atoms with Crippen LogP contribution in [0.15, 0.2) is 41.8 Å². The predicted molar refractivity (Wildman–Crippen MR) is 85.9 cm³/mol. The Hall–Kier alpha value is -1.16. The lowest BCUT2D eigenvalue weighted by Gasteiger charge is -2.36. The maximum Gasteiger partial charge on any atom is 0.198 e. The second-order valence-electron chi connectivity index (χ2n) is 5.44. The van der Waals surface area contributed by atoms with Gasteiger partial charge in [-0.05, 0) is 41.2 Å². The topological polar surface area (TPSA) is 9.23 Å². The van der Waals surface area contributed by atoms with Gasteiger partial charge in [0, 0.05) is 17.5 Å². The lowest BCUT2D eigenvalue weighted by molar-refractivity contribution is 0.399. The molecule has 3 rings (SSSR count). The summed E-state index contributed by atoms with van der Waals surface area (Å²) in [4.78, 5) is 1.43. The standard InChI is InChI=1S/C16H18OSSi/c1-17-19(2,3)16(15-9-6-10-18-15)14-11-12-7-4-5-8-13(12)14/h4-11,16H,1-3H3. The molecule has 19 heavy (non-hydrogen) atoms. The molecular formula is C16H18OSSi. The molecule has 0 saturated heterocycles. The Morgan fingerprint density at radius 3 is 2.53 bits per heavy atom. The van der Waals surface area contributed by atoms with Gasteiger partial charge in [-0.2, -0.15) is 0 Å². The molecule has 0 fully saturated rings. The molecule has 0 radical (unpaired) electrons. The first-order valence-corrected chi connectivity index (χ1v) is 10.4. The van der Waals surface area contributed by atoms with E-state index in [9.17, 15) is 0 Å². The SMILES string of the molecule is CO[Si](C)(C)C(C1=Cc2ccccc21)c1cccs1.